The van der Waals surface area contributed by atoms with Crippen LogP contribution in [0.3, 0.4) is 0 Å². The van der Waals surface area contributed by atoms with E-state index in [1.807, 2.05) is 0 Å². The van der Waals surface area contributed by atoms with E-state index >= 15 is 0 Å². The van der Waals surface area contributed by atoms with Crippen molar-refractivity contribution in [3.8, 4) is 0 Å². The lowest BCUT2D eigenvalue weighted by molar-refractivity contribution is -0.130. The molecule has 1 unspecified atom stereocenters. The van der Waals surface area contributed by atoms with E-state index in [2.05, 4.69) is 17.2 Å². The molecule has 25 heavy (non-hydrogen) atoms. The molecular formula is C19H25N3O2S. The Morgan fingerprint density at radius 1 is 1.36 bits per heavy atom. The highest BCUT2D eigenvalue weighted by Crippen LogP contribution is 2.30. The van der Waals surface area contributed by atoms with Crippen molar-refractivity contribution in [2.75, 3.05) is 6.54 Å². The van der Waals surface area contributed by atoms with Crippen LogP contribution >= 0.6 is 12.2 Å². The van der Waals surface area contributed by atoms with E-state index in [1.54, 1.807) is 23.1 Å². The van der Waals surface area contributed by atoms with Crippen LogP contribution in [0.5, 0.6) is 0 Å². The van der Waals surface area contributed by atoms with Crippen LogP contribution < -0.4 is 5.32 Å². The van der Waals surface area contributed by atoms with Crippen LogP contribution in [-0.2, 0) is 9.59 Å². The first-order valence-electron chi connectivity index (χ1n) is 9.25. The number of nitrogens with zero attached hydrogens (tertiary/aromatic N) is 2. The quantitative estimate of drug-likeness (QED) is 0.586. The van der Waals surface area contributed by atoms with Gasteiger partial charge in [-0.25, -0.2) is 4.99 Å². The number of hydrogen-bond acceptors (Lipinski definition) is 3. The first-order chi connectivity index (χ1) is 12.1. The molecule has 1 heterocycles. The summed E-state index contributed by atoms with van der Waals surface area (Å²) in [6.07, 6.45) is 12.7. The number of carbonyl (C=O) groups excluding carboxylic acids is 2. The Hall–Kier alpha value is -1.82. The highest BCUT2D eigenvalue weighted by molar-refractivity contribution is 7.80. The summed E-state index contributed by atoms with van der Waals surface area (Å²) in [5.41, 5.74) is 1.13. The number of hydrogen-bond donors (Lipinski definition) is 1. The van der Waals surface area contributed by atoms with E-state index < -0.39 is 5.92 Å². The zero-order valence-electron chi connectivity index (χ0n) is 14.7. The van der Waals surface area contributed by atoms with Gasteiger partial charge in [-0.05, 0) is 37.6 Å². The topological polar surface area (TPSA) is 61.8 Å². The Morgan fingerprint density at radius 3 is 2.84 bits per heavy atom. The molecule has 1 fully saturated rings. The van der Waals surface area contributed by atoms with Crippen LogP contribution in [0.25, 0.3) is 0 Å². The Labute approximate surface area is 154 Å². The van der Waals surface area contributed by atoms with Crippen molar-refractivity contribution in [1.82, 2.24) is 10.2 Å². The molecule has 0 aromatic rings. The number of aliphatic imine (C=N–C) groups is 1. The number of amides is 2. The number of carbonyl (C=O) groups is 2. The smallest absolute Gasteiger partial charge is 0.251 e. The average Bonchev–Trinajstić information content (AvgIpc) is 3.12. The third kappa shape index (κ3) is 3.89. The second-order valence-electron chi connectivity index (χ2n) is 6.87. The summed E-state index contributed by atoms with van der Waals surface area (Å²) in [5.74, 6) is -0.536. The van der Waals surface area contributed by atoms with Gasteiger partial charge >= 0.3 is 0 Å². The van der Waals surface area contributed by atoms with Crippen molar-refractivity contribution in [3.63, 3.8) is 0 Å². The average molecular weight is 359 g/mol. The molecule has 5 nitrogen and oxygen atoms in total. The highest BCUT2D eigenvalue weighted by atomic mass is 32.1. The molecule has 2 aliphatic carbocycles. The van der Waals surface area contributed by atoms with Crippen molar-refractivity contribution < 1.29 is 9.59 Å². The lowest BCUT2D eigenvalue weighted by Gasteiger charge is -2.34. The largest absolute Gasteiger partial charge is 0.352 e. The van der Waals surface area contributed by atoms with Crippen molar-refractivity contribution in [3.05, 3.63) is 23.8 Å². The normalized spacial score (nSPS) is 23.4. The molecule has 3 rings (SSSR count). The van der Waals surface area contributed by atoms with Gasteiger partial charge in [0, 0.05) is 18.2 Å². The van der Waals surface area contributed by atoms with Gasteiger partial charge in [0.25, 0.3) is 5.91 Å². The van der Waals surface area contributed by atoms with Gasteiger partial charge in [0.15, 0.2) is 0 Å². The van der Waals surface area contributed by atoms with Crippen LogP contribution in [0.2, 0.25) is 0 Å². The van der Waals surface area contributed by atoms with Crippen LogP contribution in [0.15, 0.2) is 28.8 Å². The molecule has 1 aliphatic heterocycles. The molecule has 0 bridgehead atoms. The molecule has 0 aromatic heterocycles. The molecule has 3 aliphatic rings. The van der Waals surface area contributed by atoms with E-state index in [-0.39, 0.29) is 17.9 Å². The summed E-state index contributed by atoms with van der Waals surface area (Å²) < 4.78 is 0. The summed E-state index contributed by atoms with van der Waals surface area (Å²) in [4.78, 5) is 31.3. The van der Waals surface area contributed by atoms with Crippen LogP contribution in [0, 0.1) is 5.92 Å². The van der Waals surface area contributed by atoms with Gasteiger partial charge in [-0.1, -0.05) is 44.8 Å². The van der Waals surface area contributed by atoms with Gasteiger partial charge in [0.05, 0.1) is 11.6 Å². The maximum absolute atomic E-state index is 12.9. The van der Waals surface area contributed by atoms with Gasteiger partial charge in [-0.2, -0.15) is 0 Å². The summed E-state index contributed by atoms with van der Waals surface area (Å²) in [6.45, 7) is 2.80. The molecule has 0 radical (unpaired) electrons. The fourth-order valence-electron chi connectivity index (χ4n) is 3.63. The second kappa shape index (κ2) is 8.04. The minimum absolute atomic E-state index is 0.00296. The van der Waals surface area contributed by atoms with Crippen molar-refractivity contribution in [2.45, 2.75) is 57.9 Å². The van der Waals surface area contributed by atoms with E-state index in [4.69, 9.17) is 12.2 Å². The number of rotatable bonds is 6. The molecule has 1 N–H and O–H groups in total. The van der Waals surface area contributed by atoms with Gasteiger partial charge in [0.1, 0.15) is 0 Å². The molecule has 2 amide bonds. The lowest BCUT2D eigenvalue weighted by Crippen LogP contribution is -2.50. The van der Waals surface area contributed by atoms with E-state index in [9.17, 15) is 9.59 Å². The summed E-state index contributed by atoms with van der Waals surface area (Å²) in [6, 6.07) is 0.186. The van der Waals surface area contributed by atoms with Crippen LogP contribution in [0.4, 0.5) is 0 Å². The molecule has 1 atom stereocenters. The Balaban J connectivity index is 1.70. The molecule has 134 valence electrons. The molecule has 0 spiro atoms. The summed E-state index contributed by atoms with van der Waals surface area (Å²) >= 11 is 5.38. The maximum Gasteiger partial charge on any atom is 0.251 e. The number of thiocarbonyl (C=S) groups is 1. The van der Waals surface area contributed by atoms with E-state index in [1.165, 1.54) is 0 Å². The van der Waals surface area contributed by atoms with Crippen molar-refractivity contribution >= 4 is 34.9 Å². The standard InChI is InChI=1S/C19H25N3O2S/c1-2-3-6-11-20-17(23)13-9-10-15-16(12-13)21-19(25)22(18(15)24)14-7-4-5-8-14/h9-10,12,14-15H,2-8,11H2,1H3,(H,20,23). The zero-order valence-corrected chi connectivity index (χ0v) is 15.5. The fraction of sp³-hybridized carbons (Fsp3) is 0.579. The Kier molecular flexibility index (Phi) is 5.78. The first-order valence-corrected chi connectivity index (χ1v) is 9.66. The van der Waals surface area contributed by atoms with Crippen LogP contribution in [0.1, 0.15) is 51.9 Å². The third-order valence-electron chi connectivity index (χ3n) is 5.04. The van der Waals surface area contributed by atoms with Gasteiger partial charge in [-0.15, -0.1) is 0 Å². The summed E-state index contributed by atoms with van der Waals surface area (Å²) in [5, 5.41) is 3.26. The molecule has 0 saturated heterocycles. The first kappa shape index (κ1) is 18.0. The van der Waals surface area contributed by atoms with Gasteiger partial charge in [-0.3, -0.25) is 14.5 Å². The van der Waals surface area contributed by atoms with Crippen molar-refractivity contribution in [2.24, 2.45) is 10.9 Å². The van der Waals surface area contributed by atoms with Crippen molar-refractivity contribution in [1.29, 1.82) is 0 Å². The van der Waals surface area contributed by atoms with Crippen LogP contribution in [-0.4, -0.2) is 40.1 Å². The number of unbranched alkanes of at least 4 members (excludes halogenated alkanes) is 2. The minimum atomic E-state index is -0.413. The van der Waals surface area contributed by atoms with Gasteiger partial charge < -0.3 is 5.32 Å². The number of fused-ring (bicyclic) bond motifs is 1. The van der Waals surface area contributed by atoms with E-state index in [0.29, 0.717) is 22.9 Å². The Morgan fingerprint density at radius 2 is 2.12 bits per heavy atom. The highest BCUT2D eigenvalue weighted by Gasteiger charge is 2.39. The number of nitrogens with one attached hydrogen (secondary N) is 1. The second-order valence-corrected chi connectivity index (χ2v) is 7.23. The third-order valence-corrected chi connectivity index (χ3v) is 5.33. The Bertz CT molecular complexity index is 660. The zero-order chi connectivity index (χ0) is 17.8. The minimum Gasteiger partial charge on any atom is -0.352 e. The molecular weight excluding hydrogens is 334 g/mol. The monoisotopic (exact) mass is 359 g/mol. The molecule has 1 saturated carbocycles. The molecule has 0 aromatic carbocycles. The van der Waals surface area contributed by atoms with Gasteiger partial charge in [0.2, 0.25) is 11.0 Å². The molecule has 6 heteroatoms. The fourth-order valence-corrected chi connectivity index (χ4v) is 3.98. The predicted molar refractivity (Wildman–Crippen MR) is 102 cm³/mol. The summed E-state index contributed by atoms with van der Waals surface area (Å²) in [7, 11) is 0. The predicted octanol–water partition coefficient (Wildman–Crippen LogP) is 2.92. The maximum atomic E-state index is 12.9. The number of allylic oxidation sites excluding steroid dienone is 1. The van der Waals surface area contributed by atoms with E-state index in [0.717, 1.165) is 44.9 Å². The lowest BCUT2D eigenvalue weighted by atomic mass is 9.91. The SMILES string of the molecule is CCCCCNC(=O)C1=CC2=NC(=S)N(C3CCCC3)C(=O)C2C=C1.